The van der Waals surface area contributed by atoms with Crippen LogP contribution in [0.1, 0.15) is 21.5 Å². The van der Waals surface area contributed by atoms with E-state index in [1.54, 1.807) is 18.2 Å². The van der Waals surface area contributed by atoms with Gasteiger partial charge in [-0.25, -0.2) is 5.43 Å². The van der Waals surface area contributed by atoms with Crippen molar-refractivity contribution in [2.24, 2.45) is 5.10 Å². The van der Waals surface area contributed by atoms with Gasteiger partial charge in [0.05, 0.1) is 12.8 Å². The minimum absolute atomic E-state index is 0.116. The van der Waals surface area contributed by atoms with E-state index in [2.05, 4.69) is 15.8 Å². The van der Waals surface area contributed by atoms with E-state index in [9.17, 15) is 9.59 Å². The molecule has 0 aromatic heterocycles. The Balaban J connectivity index is 1.23. The molecule has 1 aliphatic rings. The van der Waals surface area contributed by atoms with Crippen LogP contribution in [0.4, 0.5) is 0 Å². The monoisotopic (exact) mass is 515 g/mol. The van der Waals surface area contributed by atoms with Crippen LogP contribution in [0.15, 0.2) is 84.0 Å². The van der Waals surface area contributed by atoms with E-state index in [1.165, 1.54) is 6.21 Å². The lowest BCUT2D eigenvalue weighted by molar-refractivity contribution is -0.120. The lowest BCUT2D eigenvalue weighted by Gasteiger charge is -2.12. The molecule has 0 bridgehead atoms. The molecule has 4 aromatic carbocycles. The molecule has 37 heavy (non-hydrogen) atoms. The summed E-state index contributed by atoms with van der Waals surface area (Å²) in [5.41, 5.74) is 4.50. The number of hydrogen-bond acceptors (Lipinski definition) is 6. The molecular formula is C28H22ClN3O5. The van der Waals surface area contributed by atoms with Crippen molar-refractivity contribution in [1.82, 2.24) is 10.7 Å². The number of fused-ring (bicyclic) bond motifs is 2. The number of halogens is 1. The second-order valence-corrected chi connectivity index (χ2v) is 8.59. The predicted molar refractivity (Wildman–Crippen MR) is 140 cm³/mol. The maximum Gasteiger partial charge on any atom is 0.259 e. The fourth-order valence-corrected chi connectivity index (χ4v) is 3.91. The van der Waals surface area contributed by atoms with Gasteiger partial charge in [-0.15, -0.1) is 0 Å². The maximum absolute atomic E-state index is 12.4. The highest BCUT2D eigenvalue weighted by Gasteiger charge is 2.16. The van der Waals surface area contributed by atoms with E-state index in [0.717, 1.165) is 21.9 Å². The number of hydrazone groups is 1. The Morgan fingerprint density at radius 2 is 1.78 bits per heavy atom. The summed E-state index contributed by atoms with van der Waals surface area (Å²) in [5, 5.41) is 9.26. The lowest BCUT2D eigenvalue weighted by atomic mass is 10.0. The smallest absolute Gasteiger partial charge is 0.259 e. The molecule has 0 aliphatic carbocycles. The van der Waals surface area contributed by atoms with Gasteiger partial charge in [-0.1, -0.05) is 54.1 Å². The van der Waals surface area contributed by atoms with E-state index in [0.29, 0.717) is 34.4 Å². The first-order chi connectivity index (χ1) is 18.1. The second kappa shape index (κ2) is 11.0. The van der Waals surface area contributed by atoms with Gasteiger partial charge in [0.15, 0.2) is 11.5 Å². The minimum atomic E-state index is -0.478. The van der Waals surface area contributed by atoms with Crippen LogP contribution in [-0.4, -0.2) is 31.4 Å². The molecule has 4 aromatic rings. The van der Waals surface area contributed by atoms with Crippen molar-refractivity contribution >= 4 is 40.4 Å². The van der Waals surface area contributed by atoms with Crippen molar-refractivity contribution in [2.75, 3.05) is 13.3 Å². The fraction of sp³-hybridized carbons (Fsp3) is 0.107. The van der Waals surface area contributed by atoms with E-state index >= 15 is 0 Å². The molecule has 186 valence electrons. The highest BCUT2D eigenvalue weighted by Crippen LogP contribution is 2.32. The van der Waals surface area contributed by atoms with Crippen LogP contribution in [0.25, 0.3) is 10.8 Å². The summed E-state index contributed by atoms with van der Waals surface area (Å²) in [6, 6.07) is 23.9. The maximum atomic E-state index is 12.4. The Morgan fingerprint density at radius 3 is 2.65 bits per heavy atom. The molecule has 1 heterocycles. The third-order valence-corrected chi connectivity index (χ3v) is 5.92. The van der Waals surface area contributed by atoms with Gasteiger partial charge in [0.2, 0.25) is 6.79 Å². The van der Waals surface area contributed by atoms with Crippen LogP contribution >= 0.6 is 11.6 Å². The van der Waals surface area contributed by atoms with Crippen molar-refractivity contribution in [3.63, 3.8) is 0 Å². The van der Waals surface area contributed by atoms with E-state index < -0.39 is 11.8 Å². The summed E-state index contributed by atoms with van der Waals surface area (Å²) < 4.78 is 16.6. The molecule has 2 amide bonds. The summed E-state index contributed by atoms with van der Waals surface area (Å²) in [7, 11) is 0. The van der Waals surface area contributed by atoms with Gasteiger partial charge in [0, 0.05) is 16.1 Å². The Morgan fingerprint density at radius 1 is 0.973 bits per heavy atom. The molecule has 0 saturated heterocycles. The van der Waals surface area contributed by atoms with Crippen LogP contribution in [0.5, 0.6) is 17.2 Å². The molecule has 0 saturated carbocycles. The number of nitrogens with zero attached hydrogens (tertiary/aromatic N) is 1. The van der Waals surface area contributed by atoms with E-state index in [1.807, 2.05) is 60.7 Å². The zero-order valence-corrected chi connectivity index (χ0v) is 20.3. The summed E-state index contributed by atoms with van der Waals surface area (Å²) in [5.74, 6) is 0.792. The van der Waals surface area contributed by atoms with Crippen LogP contribution in [0.2, 0.25) is 5.02 Å². The molecule has 2 N–H and O–H groups in total. The summed E-state index contributed by atoms with van der Waals surface area (Å²) in [6.45, 7) is 0.208. The topological polar surface area (TPSA) is 98.3 Å². The SMILES string of the molecule is O=C(CNC(=O)c1ccc2c(c1)OCO2)N/N=C/c1c(OCc2ccc(Cl)cc2)ccc2ccccc12. The van der Waals surface area contributed by atoms with Gasteiger partial charge in [-0.05, 0) is 52.7 Å². The van der Waals surface area contributed by atoms with E-state index in [-0.39, 0.29) is 13.3 Å². The normalized spacial score (nSPS) is 12.0. The molecule has 0 fully saturated rings. The average molecular weight is 516 g/mol. The van der Waals surface area contributed by atoms with Crippen LogP contribution < -0.4 is 25.0 Å². The van der Waals surface area contributed by atoms with E-state index in [4.69, 9.17) is 25.8 Å². The quantitative estimate of drug-likeness (QED) is 0.262. The summed E-state index contributed by atoms with van der Waals surface area (Å²) >= 11 is 5.97. The van der Waals surface area contributed by atoms with Crippen LogP contribution in [0.3, 0.4) is 0 Å². The van der Waals surface area contributed by atoms with Gasteiger partial charge in [0.1, 0.15) is 12.4 Å². The van der Waals surface area contributed by atoms with Crippen molar-refractivity contribution < 1.29 is 23.8 Å². The van der Waals surface area contributed by atoms with Gasteiger partial charge < -0.3 is 19.5 Å². The molecule has 0 radical (unpaired) electrons. The Labute approximate surface area is 217 Å². The van der Waals surface area contributed by atoms with Crippen molar-refractivity contribution in [3.8, 4) is 17.2 Å². The molecule has 9 heteroatoms. The predicted octanol–water partition coefficient (Wildman–Crippen LogP) is 4.68. The van der Waals surface area contributed by atoms with Crippen molar-refractivity contribution in [2.45, 2.75) is 6.61 Å². The average Bonchev–Trinajstić information content (AvgIpc) is 3.40. The number of rotatable bonds is 8. The van der Waals surface area contributed by atoms with Crippen molar-refractivity contribution in [3.05, 3.63) is 101 Å². The molecule has 1 aliphatic heterocycles. The number of benzene rings is 4. The number of carbonyl (C=O) groups is 2. The largest absolute Gasteiger partial charge is 0.488 e. The molecule has 5 rings (SSSR count). The zero-order valence-electron chi connectivity index (χ0n) is 19.6. The highest BCUT2D eigenvalue weighted by molar-refractivity contribution is 6.30. The number of carbonyl (C=O) groups excluding carboxylic acids is 2. The minimum Gasteiger partial charge on any atom is -0.488 e. The van der Waals surface area contributed by atoms with Gasteiger partial charge >= 0.3 is 0 Å². The molecule has 0 unspecified atom stereocenters. The van der Waals surface area contributed by atoms with Crippen molar-refractivity contribution in [1.29, 1.82) is 0 Å². The second-order valence-electron chi connectivity index (χ2n) is 8.16. The first kappa shape index (κ1) is 24.1. The van der Waals surface area contributed by atoms with Crippen LogP contribution in [0, 0.1) is 0 Å². The Bertz CT molecular complexity index is 1490. The molecular weight excluding hydrogens is 494 g/mol. The zero-order chi connectivity index (χ0) is 25.6. The van der Waals surface area contributed by atoms with Gasteiger partial charge in [-0.3, -0.25) is 9.59 Å². The Hall–Kier alpha value is -4.56. The molecule has 0 atom stereocenters. The number of amides is 2. The number of ether oxygens (including phenoxy) is 3. The van der Waals surface area contributed by atoms with Crippen LogP contribution in [-0.2, 0) is 11.4 Å². The lowest BCUT2D eigenvalue weighted by Crippen LogP contribution is -2.34. The first-order valence-electron chi connectivity index (χ1n) is 11.5. The molecule has 8 nitrogen and oxygen atoms in total. The Kier molecular flexibility index (Phi) is 7.19. The highest BCUT2D eigenvalue weighted by atomic mass is 35.5. The fourth-order valence-electron chi connectivity index (χ4n) is 3.79. The third kappa shape index (κ3) is 5.82. The van der Waals surface area contributed by atoms with Gasteiger partial charge in [0.25, 0.3) is 11.8 Å². The summed E-state index contributed by atoms with van der Waals surface area (Å²) in [4.78, 5) is 24.7. The standard InChI is InChI=1S/C28H22ClN3O5/c29-21-9-5-18(6-10-21)16-35-24-11-7-19-3-1-2-4-22(19)23(24)14-31-32-27(33)15-30-28(34)20-8-12-25-26(13-20)37-17-36-25/h1-14H,15-17H2,(H,30,34)(H,32,33)/b31-14+. The number of nitrogens with one attached hydrogen (secondary N) is 2. The summed E-state index contributed by atoms with van der Waals surface area (Å²) in [6.07, 6.45) is 1.54. The molecule has 0 spiro atoms. The van der Waals surface area contributed by atoms with Gasteiger partial charge in [-0.2, -0.15) is 5.10 Å². The third-order valence-electron chi connectivity index (χ3n) is 5.67. The number of hydrogen-bond donors (Lipinski definition) is 2. The first-order valence-corrected chi connectivity index (χ1v) is 11.8.